The van der Waals surface area contributed by atoms with E-state index in [2.05, 4.69) is 44.3 Å². The molecule has 0 spiro atoms. The lowest BCUT2D eigenvalue weighted by atomic mass is 9.85. The molecule has 1 aromatic carbocycles. The Labute approximate surface area is 106 Å². The van der Waals surface area contributed by atoms with Crippen molar-refractivity contribution in [2.75, 3.05) is 13.1 Å². The van der Waals surface area contributed by atoms with Crippen LogP contribution in [0.2, 0.25) is 0 Å². The van der Waals surface area contributed by atoms with Gasteiger partial charge < -0.3 is 5.32 Å². The van der Waals surface area contributed by atoms with Gasteiger partial charge >= 0.3 is 0 Å². The minimum atomic E-state index is 0.786. The van der Waals surface area contributed by atoms with E-state index in [0.29, 0.717) is 0 Å². The number of rotatable bonds is 4. The Balaban J connectivity index is 2.17. The Morgan fingerprint density at radius 2 is 2.06 bits per heavy atom. The van der Waals surface area contributed by atoms with Crippen LogP contribution in [0.5, 0.6) is 0 Å². The van der Waals surface area contributed by atoms with Gasteiger partial charge in [-0.3, -0.25) is 0 Å². The molecule has 94 valence electrons. The van der Waals surface area contributed by atoms with Crippen LogP contribution < -0.4 is 5.32 Å². The van der Waals surface area contributed by atoms with Crippen molar-refractivity contribution in [3.8, 4) is 0 Å². The van der Waals surface area contributed by atoms with E-state index in [1.807, 2.05) is 0 Å². The quantitative estimate of drug-likeness (QED) is 0.831. The zero-order valence-corrected chi connectivity index (χ0v) is 11.4. The second-order valence-corrected chi connectivity index (χ2v) is 5.39. The third kappa shape index (κ3) is 2.71. The molecule has 17 heavy (non-hydrogen) atoms. The van der Waals surface area contributed by atoms with Crippen LogP contribution in [-0.4, -0.2) is 13.1 Å². The van der Waals surface area contributed by atoms with Gasteiger partial charge in [-0.15, -0.1) is 0 Å². The fourth-order valence-corrected chi connectivity index (χ4v) is 3.20. The summed E-state index contributed by atoms with van der Waals surface area (Å²) in [5, 5.41) is 3.52. The van der Waals surface area contributed by atoms with Crippen LogP contribution in [0.4, 0.5) is 0 Å². The third-order valence-corrected chi connectivity index (χ3v) is 4.36. The van der Waals surface area contributed by atoms with Gasteiger partial charge in [0.05, 0.1) is 0 Å². The van der Waals surface area contributed by atoms with E-state index in [9.17, 15) is 0 Å². The van der Waals surface area contributed by atoms with Crippen molar-refractivity contribution in [3.63, 3.8) is 0 Å². The normalized spacial score (nSPS) is 24.2. The van der Waals surface area contributed by atoms with Crippen LogP contribution in [0.1, 0.15) is 48.8 Å². The predicted octanol–water partition coefficient (Wildman–Crippen LogP) is 3.80. The summed E-state index contributed by atoms with van der Waals surface area (Å²) in [6.07, 6.45) is 4.17. The molecule has 0 aromatic heterocycles. The smallest absolute Gasteiger partial charge is 0.00148 e. The molecule has 1 aliphatic rings. The molecule has 0 bridgehead atoms. The molecule has 0 heterocycles. The highest BCUT2D eigenvalue weighted by molar-refractivity contribution is 5.36. The largest absolute Gasteiger partial charge is 0.317 e. The van der Waals surface area contributed by atoms with Gasteiger partial charge in [0.15, 0.2) is 0 Å². The van der Waals surface area contributed by atoms with Crippen molar-refractivity contribution in [2.45, 2.75) is 46.0 Å². The average molecular weight is 231 g/mol. The lowest BCUT2D eigenvalue weighted by molar-refractivity contribution is 0.449. The van der Waals surface area contributed by atoms with Crippen molar-refractivity contribution >= 4 is 0 Å². The first kappa shape index (κ1) is 12.6. The predicted molar refractivity (Wildman–Crippen MR) is 74.5 cm³/mol. The second kappa shape index (κ2) is 5.68. The molecule has 1 aromatic rings. The van der Waals surface area contributed by atoms with Crippen LogP contribution in [0.3, 0.4) is 0 Å². The van der Waals surface area contributed by atoms with Crippen LogP contribution in [0.15, 0.2) is 18.2 Å². The molecular weight excluding hydrogens is 206 g/mol. The van der Waals surface area contributed by atoms with Gasteiger partial charge in [-0.05, 0) is 68.3 Å². The Morgan fingerprint density at radius 3 is 2.82 bits per heavy atom. The first-order valence-corrected chi connectivity index (χ1v) is 7.00. The maximum absolute atomic E-state index is 3.52. The lowest BCUT2D eigenvalue weighted by Gasteiger charge is -2.22. The van der Waals surface area contributed by atoms with Gasteiger partial charge in [-0.2, -0.15) is 0 Å². The molecule has 2 atom stereocenters. The maximum atomic E-state index is 3.52. The minimum Gasteiger partial charge on any atom is -0.317 e. The van der Waals surface area contributed by atoms with Crippen LogP contribution in [-0.2, 0) is 0 Å². The van der Waals surface area contributed by atoms with E-state index in [4.69, 9.17) is 0 Å². The Kier molecular flexibility index (Phi) is 4.22. The number of benzene rings is 1. The Morgan fingerprint density at radius 1 is 1.24 bits per heavy atom. The summed E-state index contributed by atoms with van der Waals surface area (Å²) in [5.74, 6) is 1.63. The number of hydrogen-bond acceptors (Lipinski definition) is 1. The highest BCUT2D eigenvalue weighted by Gasteiger charge is 2.29. The molecule has 2 unspecified atom stereocenters. The average Bonchev–Trinajstić information content (AvgIpc) is 2.78. The molecule has 1 aliphatic carbocycles. The molecule has 1 N–H and O–H groups in total. The molecule has 0 radical (unpaired) electrons. The van der Waals surface area contributed by atoms with Gasteiger partial charge in [-0.1, -0.05) is 31.5 Å². The summed E-state index contributed by atoms with van der Waals surface area (Å²) in [5.41, 5.74) is 4.56. The maximum Gasteiger partial charge on any atom is -0.00148 e. The summed E-state index contributed by atoms with van der Waals surface area (Å²) >= 11 is 0. The lowest BCUT2D eigenvalue weighted by Crippen LogP contribution is -2.24. The van der Waals surface area contributed by atoms with Crippen molar-refractivity contribution in [1.29, 1.82) is 0 Å². The summed E-state index contributed by atoms with van der Waals surface area (Å²) < 4.78 is 0. The number of hydrogen-bond donors (Lipinski definition) is 1. The molecule has 1 heteroatoms. The van der Waals surface area contributed by atoms with E-state index >= 15 is 0 Å². The van der Waals surface area contributed by atoms with E-state index in [-0.39, 0.29) is 0 Å². The highest BCUT2D eigenvalue weighted by Crippen LogP contribution is 2.40. The number of aryl methyl sites for hydroxylation is 1. The fraction of sp³-hybridized carbons (Fsp3) is 0.625. The molecule has 1 saturated carbocycles. The highest BCUT2D eigenvalue weighted by atomic mass is 14.8. The van der Waals surface area contributed by atoms with Crippen molar-refractivity contribution in [3.05, 3.63) is 34.9 Å². The zero-order chi connectivity index (χ0) is 12.3. The third-order valence-electron chi connectivity index (χ3n) is 4.36. The molecule has 1 nitrogen and oxygen atoms in total. The monoisotopic (exact) mass is 231 g/mol. The molecule has 0 saturated heterocycles. The van der Waals surface area contributed by atoms with Gasteiger partial charge in [0.25, 0.3) is 0 Å². The van der Waals surface area contributed by atoms with E-state index < -0.39 is 0 Å². The van der Waals surface area contributed by atoms with Gasteiger partial charge in [0.2, 0.25) is 0 Å². The van der Waals surface area contributed by atoms with E-state index in [1.54, 1.807) is 5.56 Å². The molecule has 0 aliphatic heterocycles. The second-order valence-electron chi connectivity index (χ2n) is 5.39. The van der Waals surface area contributed by atoms with Crippen molar-refractivity contribution < 1.29 is 0 Å². The minimum absolute atomic E-state index is 0.786. The topological polar surface area (TPSA) is 12.0 Å². The summed E-state index contributed by atoms with van der Waals surface area (Å²) in [4.78, 5) is 0. The standard InChI is InChI=1S/C16H25N/c1-4-17-11-14-8-6-10-16(14)15-9-5-7-12(2)13(15)3/h5,7,9,14,16-17H,4,6,8,10-11H2,1-3H3. The molecule has 1 fully saturated rings. The first-order valence-electron chi connectivity index (χ1n) is 7.00. The SMILES string of the molecule is CCNCC1CCCC1c1cccc(C)c1C. The first-order chi connectivity index (χ1) is 8.24. The van der Waals surface area contributed by atoms with Crippen LogP contribution >= 0.6 is 0 Å². The summed E-state index contributed by atoms with van der Waals surface area (Å²) in [6.45, 7) is 8.99. The van der Waals surface area contributed by atoms with Crippen molar-refractivity contribution in [1.82, 2.24) is 5.32 Å². The summed E-state index contributed by atoms with van der Waals surface area (Å²) in [6, 6.07) is 6.80. The Bertz CT molecular complexity index is 370. The molecule has 0 amide bonds. The Hall–Kier alpha value is -0.820. The summed E-state index contributed by atoms with van der Waals surface area (Å²) in [7, 11) is 0. The molecule has 2 rings (SSSR count). The van der Waals surface area contributed by atoms with Gasteiger partial charge in [0, 0.05) is 0 Å². The van der Waals surface area contributed by atoms with E-state index in [1.165, 1.54) is 36.9 Å². The van der Waals surface area contributed by atoms with E-state index in [0.717, 1.165) is 18.4 Å². The molecular formula is C16H25N. The fourth-order valence-electron chi connectivity index (χ4n) is 3.20. The van der Waals surface area contributed by atoms with Crippen LogP contribution in [0, 0.1) is 19.8 Å². The van der Waals surface area contributed by atoms with Gasteiger partial charge in [-0.25, -0.2) is 0 Å². The van der Waals surface area contributed by atoms with Crippen LogP contribution in [0.25, 0.3) is 0 Å². The zero-order valence-electron chi connectivity index (χ0n) is 11.4. The van der Waals surface area contributed by atoms with Gasteiger partial charge in [0.1, 0.15) is 0 Å². The van der Waals surface area contributed by atoms with Crippen molar-refractivity contribution in [2.24, 2.45) is 5.92 Å². The number of nitrogens with one attached hydrogen (secondary N) is 1.